The zero-order valence-electron chi connectivity index (χ0n) is 15.7. The molecule has 8 nitrogen and oxygen atoms in total. The number of ether oxygens (including phenoxy) is 1. The van der Waals surface area contributed by atoms with Crippen molar-refractivity contribution < 1.29 is 23.9 Å². The number of anilines is 1. The van der Waals surface area contributed by atoms with Gasteiger partial charge in [0.15, 0.2) is 6.61 Å². The Hall–Kier alpha value is -3.68. The molecular formula is C21H21N3O5. The molecule has 0 radical (unpaired) electrons. The topological polar surface area (TPSA) is 105 Å². The van der Waals surface area contributed by atoms with E-state index in [9.17, 15) is 19.2 Å². The van der Waals surface area contributed by atoms with E-state index in [1.165, 1.54) is 12.1 Å². The number of amides is 4. The second kappa shape index (κ2) is 9.50. The number of hydrogen-bond donors (Lipinski definition) is 2. The number of hydrogen-bond acceptors (Lipinski definition) is 5. The SMILES string of the molecule is O=C(COC(=O)c1ccc(N2CCCC2=O)cc1)NC(=O)NCc1ccccc1. The maximum atomic E-state index is 12.1. The molecule has 0 atom stereocenters. The van der Waals surface area contributed by atoms with Crippen molar-refractivity contribution >= 4 is 29.5 Å². The van der Waals surface area contributed by atoms with Crippen LogP contribution in [0.5, 0.6) is 0 Å². The predicted octanol–water partition coefficient (Wildman–Crippen LogP) is 2.00. The first-order valence-electron chi connectivity index (χ1n) is 9.22. The summed E-state index contributed by atoms with van der Waals surface area (Å²) in [5.74, 6) is -1.37. The molecule has 150 valence electrons. The lowest BCUT2D eigenvalue weighted by atomic mass is 10.2. The summed E-state index contributed by atoms with van der Waals surface area (Å²) >= 11 is 0. The Kier molecular flexibility index (Phi) is 6.57. The van der Waals surface area contributed by atoms with Gasteiger partial charge in [-0.3, -0.25) is 14.9 Å². The molecule has 1 aliphatic rings. The summed E-state index contributed by atoms with van der Waals surface area (Å²) in [6, 6.07) is 15.0. The van der Waals surface area contributed by atoms with Gasteiger partial charge in [-0.15, -0.1) is 0 Å². The number of esters is 1. The van der Waals surface area contributed by atoms with Crippen molar-refractivity contribution in [3.63, 3.8) is 0 Å². The van der Waals surface area contributed by atoms with Crippen LogP contribution in [-0.4, -0.2) is 37.0 Å². The fraction of sp³-hybridized carbons (Fsp3) is 0.238. The van der Waals surface area contributed by atoms with Crippen molar-refractivity contribution in [2.24, 2.45) is 0 Å². The molecule has 0 spiro atoms. The molecule has 0 unspecified atom stereocenters. The van der Waals surface area contributed by atoms with Crippen LogP contribution < -0.4 is 15.5 Å². The Morgan fingerprint density at radius 2 is 1.72 bits per heavy atom. The van der Waals surface area contributed by atoms with Crippen molar-refractivity contribution in [2.45, 2.75) is 19.4 Å². The van der Waals surface area contributed by atoms with E-state index in [1.54, 1.807) is 17.0 Å². The van der Waals surface area contributed by atoms with Gasteiger partial charge in [-0.05, 0) is 36.2 Å². The van der Waals surface area contributed by atoms with Crippen molar-refractivity contribution in [3.05, 3.63) is 65.7 Å². The van der Waals surface area contributed by atoms with Gasteiger partial charge in [0.05, 0.1) is 5.56 Å². The van der Waals surface area contributed by atoms with Gasteiger partial charge >= 0.3 is 12.0 Å². The van der Waals surface area contributed by atoms with E-state index in [2.05, 4.69) is 10.6 Å². The van der Waals surface area contributed by atoms with Crippen LogP contribution in [0.3, 0.4) is 0 Å². The molecule has 1 heterocycles. The minimum atomic E-state index is -0.733. The number of benzene rings is 2. The van der Waals surface area contributed by atoms with Crippen LogP contribution in [0.25, 0.3) is 0 Å². The maximum absolute atomic E-state index is 12.1. The summed E-state index contributed by atoms with van der Waals surface area (Å²) in [5.41, 5.74) is 1.86. The van der Waals surface area contributed by atoms with Gasteiger partial charge in [0, 0.05) is 25.2 Å². The second-order valence-corrected chi connectivity index (χ2v) is 6.49. The molecule has 2 aromatic carbocycles. The predicted molar refractivity (Wildman–Crippen MR) is 105 cm³/mol. The van der Waals surface area contributed by atoms with Crippen molar-refractivity contribution in [1.82, 2.24) is 10.6 Å². The summed E-state index contributed by atoms with van der Waals surface area (Å²) in [7, 11) is 0. The summed E-state index contributed by atoms with van der Waals surface area (Å²) in [4.78, 5) is 49.0. The van der Waals surface area contributed by atoms with Crippen LogP contribution >= 0.6 is 0 Å². The Morgan fingerprint density at radius 1 is 1.00 bits per heavy atom. The molecular weight excluding hydrogens is 374 g/mol. The van der Waals surface area contributed by atoms with Crippen LogP contribution in [0.2, 0.25) is 0 Å². The van der Waals surface area contributed by atoms with E-state index < -0.39 is 24.5 Å². The number of nitrogens with one attached hydrogen (secondary N) is 2. The Bertz CT molecular complexity index is 896. The standard InChI is InChI=1S/C21H21N3O5/c25-18(23-21(28)22-13-15-5-2-1-3-6-15)14-29-20(27)16-8-10-17(11-9-16)24-12-4-7-19(24)26/h1-3,5-6,8-11H,4,7,12-14H2,(H2,22,23,25,28). The van der Waals surface area contributed by atoms with E-state index >= 15 is 0 Å². The van der Waals surface area contributed by atoms with E-state index in [-0.39, 0.29) is 18.0 Å². The third-order valence-electron chi connectivity index (χ3n) is 4.37. The maximum Gasteiger partial charge on any atom is 0.338 e. The third kappa shape index (κ3) is 5.65. The lowest BCUT2D eigenvalue weighted by Crippen LogP contribution is -2.41. The molecule has 8 heteroatoms. The van der Waals surface area contributed by atoms with E-state index in [0.717, 1.165) is 17.7 Å². The molecule has 0 aromatic heterocycles. The van der Waals surface area contributed by atoms with Crippen LogP contribution in [-0.2, 0) is 20.9 Å². The molecule has 0 aliphatic carbocycles. The van der Waals surface area contributed by atoms with Crippen molar-refractivity contribution in [1.29, 1.82) is 0 Å². The van der Waals surface area contributed by atoms with Gasteiger partial charge in [-0.25, -0.2) is 9.59 Å². The lowest BCUT2D eigenvalue weighted by molar-refractivity contribution is -0.123. The number of nitrogens with zero attached hydrogens (tertiary/aromatic N) is 1. The van der Waals surface area contributed by atoms with Crippen molar-refractivity contribution in [3.8, 4) is 0 Å². The highest BCUT2D eigenvalue weighted by atomic mass is 16.5. The van der Waals surface area contributed by atoms with E-state index in [1.807, 2.05) is 30.3 Å². The van der Waals surface area contributed by atoms with Gasteiger partial charge in [-0.2, -0.15) is 0 Å². The Balaban J connectivity index is 1.42. The number of urea groups is 1. The highest BCUT2D eigenvalue weighted by Gasteiger charge is 2.22. The zero-order chi connectivity index (χ0) is 20.6. The second-order valence-electron chi connectivity index (χ2n) is 6.49. The normalized spacial score (nSPS) is 13.1. The molecule has 29 heavy (non-hydrogen) atoms. The van der Waals surface area contributed by atoms with Crippen molar-refractivity contribution in [2.75, 3.05) is 18.1 Å². The lowest BCUT2D eigenvalue weighted by Gasteiger charge is -2.15. The van der Waals surface area contributed by atoms with Gasteiger partial charge in [0.1, 0.15) is 0 Å². The molecule has 0 saturated carbocycles. The molecule has 1 fully saturated rings. The molecule has 2 aromatic rings. The molecule has 1 aliphatic heterocycles. The first kappa shape index (κ1) is 20.1. The van der Waals surface area contributed by atoms with Crippen LogP contribution in [0.1, 0.15) is 28.8 Å². The fourth-order valence-electron chi connectivity index (χ4n) is 2.90. The first-order valence-corrected chi connectivity index (χ1v) is 9.22. The monoisotopic (exact) mass is 395 g/mol. The largest absolute Gasteiger partial charge is 0.452 e. The zero-order valence-corrected chi connectivity index (χ0v) is 15.7. The smallest absolute Gasteiger partial charge is 0.338 e. The molecule has 1 saturated heterocycles. The third-order valence-corrected chi connectivity index (χ3v) is 4.37. The minimum absolute atomic E-state index is 0.0579. The molecule has 3 rings (SSSR count). The molecule has 0 bridgehead atoms. The fourth-order valence-corrected chi connectivity index (χ4v) is 2.90. The highest BCUT2D eigenvalue weighted by molar-refractivity contribution is 5.98. The quantitative estimate of drug-likeness (QED) is 0.728. The molecule has 2 N–H and O–H groups in total. The first-order chi connectivity index (χ1) is 14.0. The number of carbonyl (C=O) groups is 4. The van der Waals surface area contributed by atoms with Crippen LogP contribution in [0.4, 0.5) is 10.5 Å². The van der Waals surface area contributed by atoms with Gasteiger partial charge in [0.2, 0.25) is 5.91 Å². The minimum Gasteiger partial charge on any atom is -0.452 e. The number of carbonyl (C=O) groups excluding carboxylic acids is 4. The Morgan fingerprint density at radius 3 is 2.38 bits per heavy atom. The Labute approximate surface area is 167 Å². The summed E-state index contributed by atoms with van der Waals surface area (Å²) in [6.45, 7) is 0.352. The average molecular weight is 395 g/mol. The summed E-state index contributed by atoms with van der Waals surface area (Å²) in [5, 5.41) is 4.64. The number of rotatable bonds is 6. The van der Waals surface area contributed by atoms with E-state index in [4.69, 9.17) is 4.74 Å². The highest BCUT2D eigenvalue weighted by Crippen LogP contribution is 2.21. The van der Waals surface area contributed by atoms with Crippen LogP contribution in [0.15, 0.2) is 54.6 Å². The van der Waals surface area contributed by atoms with Gasteiger partial charge in [-0.1, -0.05) is 30.3 Å². The molecule has 4 amide bonds. The van der Waals surface area contributed by atoms with Gasteiger partial charge < -0.3 is 15.0 Å². The summed E-state index contributed by atoms with van der Waals surface area (Å²) < 4.78 is 4.93. The van der Waals surface area contributed by atoms with Crippen LogP contribution in [0, 0.1) is 0 Å². The average Bonchev–Trinajstić information content (AvgIpc) is 3.17. The number of imide groups is 1. The van der Waals surface area contributed by atoms with E-state index in [0.29, 0.717) is 13.0 Å². The van der Waals surface area contributed by atoms with Gasteiger partial charge in [0.25, 0.3) is 5.91 Å². The summed E-state index contributed by atoms with van der Waals surface area (Å²) in [6.07, 6.45) is 1.34.